The second kappa shape index (κ2) is 9.41. The number of aliphatic imine (C=N–C) groups is 1. The van der Waals surface area contributed by atoms with Gasteiger partial charge >= 0.3 is 0 Å². The molecule has 0 radical (unpaired) electrons. The van der Waals surface area contributed by atoms with Crippen molar-refractivity contribution in [3.8, 4) is 0 Å². The monoisotopic (exact) mass is 450 g/mol. The fraction of sp³-hybridized carbons (Fsp3) is 0.917. The first kappa shape index (κ1) is 21.3. The Balaban J connectivity index is 0.00000400. The van der Waals surface area contributed by atoms with Gasteiger partial charge in [-0.05, 0) is 26.5 Å². The number of nitrogens with one attached hydrogen (secondary N) is 2. The van der Waals surface area contributed by atoms with Gasteiger partial charge in [0.1, 0.15) is 0 Å². The van der Waals surface area contributed by atoms with Crippen LogP contribution in [-0.4, -0.2) is 68.7 Å². The molecular weight excluding hydrogens is 423 g/mol. The van der Waals surface area contributed by atoms with Gasteiger partial charge in [0.2, 0.25) is 10.0 Å². The largest absolute Gasteiger partial charge is 0.355 e. The van der Waals surface area contributed by atoms with Crippen LogP contribution in [0.2, 0.25) is 0 Å². The molecule has 1 rings (SSSR count). The zero-order valence-corrected chi connectivity index (χ0v) is 17.1. The predicted molar refractivity (Wildman–Crippen MR) is 102 cm³/mol. The molecule has 0 unspecified atom stereocenters. The first-order chi connectivity index (χ1) is 9.30. The second-order valence-electron chi connectivity index (χ2n) is 5.38. The lowest BCUT2D eigenvalue weighted by atomic mass is 10.2. The Morgan fingerprint density at radius 2 is 2.05 bits per heavy atom. The maximum Gasteiger partial charge on any atom is 0.214 e. The summed E-state index contributed by atoms with van der Waals surface area (Å²) in [6, 6.07) is 0. The van der Waals surface area contributed by atoms with Crippen LogP contribution in [-0.2, 0) is 10.0 Å². The van der Waals surface area contributed by atoms with E-state index in [9.17, 15) is 8.42 Å². The molecule has 0 spiro atoms. The Labute approximate surface area is 150 Å². The van der Waals surface area contributed by atoms with E-state index in [-0.39, 0.29) is 34.5 Å². The summed E-state index contributed by atoms with van der Waals surface area (Å²) in [4.78, 5) is 4.14. The quantitative estimate of drug-likeness (QED) is 0.358. The minimum Gasteiger partial charge on any atom is -0.355 e. The minimum atomic E-state index is -3.00. The normalized spacial score (nSPS) is 19.1. The van der Waals surface area contributed by atoms with Gasteiger partial charge in [-0.1, -0.05) is 0 Å². The number of rotatable bonds is 6. The molecule has 2 N–H and O–H groups in total. The molecule has 1 fully saturated rings. The molecule has 0 aliphatic carbocycles. The summed E-state index contributed by atoms with van der Waals surface area (Å²) in [5.41, 5.74) is 0. The summed E-state index contributed by atoms with van der Waals surface area (Å²) >= 11 is 1.79. The van der Waals surface area contributed by atoms with Crippen molar-refractivity contribution in [2.24, 2.45) is 4.99 Å². The van der Waals surface area contributed by atoms with E-state index in [0.29, 0.717) is 25.6 Å². The summed E-state index contributed by atoms with van der Waals surface area (Å²) in [5, 5.41) is 6.41. The Morgan fingerprint density at radius 1 is 1.38 bits per heavy atom. The first-order valence-corrected chi connectivity index (χ1v) is 9.61. The second-order valence-corrected chi connectivity index (χ2v) is 8.99. The highest BCUT2D eigenvalue weighted by molar-refractivity contribution is 14.0. The lowest BCUT2D eigenvalue weighted by Gasteiger charge is -2.24. The topological polar surface area (TPSA) is 73.8 Å². The highest BCUT2D eigenvalue weighted by atomic mass is 127. The van der Waals surface area contributed by atoms with Gasteiger partial charge in [0, 0.05) is 38.0 Å². The summed E-state index contributed by atoms with van der Waals surface area (Å²) in [5.74, 6) is 0.991. The van der Waals surface area contributed by atoms with Crippen molar-refractivity contribution in [2.75, 3.05) is 45.2 Å². The number of sulfonamides is 1. The van der Waals surface area contributed by atoms with Crippen LogP contribution in [0.5, 0.6) is 0 Å². The fourth-order valence-electron chi connectivity index (χ4n) is 1.83. The lowest BCUT2D eigenvalue weighted by Crippen LogP contribution is -2.45. The molecule has 0 aromatic carbocycles. The van der Waals surface area contributed by atoms with E-state index < -0.39 is 10.0 Å². The van der Waals surface area contributed by atoms with Crippen LogP contribution in [0.15, 0.2) is 4.99 Å². The number of hydrogen-bond donors (Lipinski definition) is 2. The molecule has 0 aromatic rings. The molecule has 126 valence electrons. The maximum atomic E-state index is 11.7. The minimum absolute atomic E-state index is 0. The van der Waals surface area contributed by atoms with Crippen molar-refractivity contribution in [3.05, 3.63) is 0 Å². The van der Waals surface area contributed by atoms with Crippen LogP contribution in [0.1, 0.15) is 20.3 Å². The molecule has 6 nitrogen and oxygen atoms in total. The van der Waals surface area contributed by atoms with Crippen LogP contribution in [0.25, 0.3) is 0 Å². The van der Waals surface area contributed by atoms with Crippen molar-refractivity contribution in [3.63, 3.8) is 0 Å². The van der Waals surface area contributed by atoms with Crippen molar-refractivity contribution in [1.29, 1.82) is 0 Å². The summed E-state index contributed by atoms with van der Waals surface area (Å²) < 4.78 is 25.0. The van der Waals surface area contributed by atoms with Gasteiger partial charge in [-0.3, -0.25) is 4.99 Å². The molecule has 1 aliphatic heterocycles. The average molecular weight is 450 g/mol. The van der Waals surface area contributed by atoms with Gasteiger partial charge < -0.3 is 10.6 Å². The van der Waals surface area contributed by atoms with Gasteiger partial charge in [0.15, 0.2) is 5.96 Å². The first-order valence-electron chi connectivity index (χ1n) is 6.78. The molecule has 21 heavy (non-hydrogen) atoms. The Hall–Kier alpha value is 0.260. The maximum absolute atomic E-state index is 11.7. The number of thioether (sulfide) groups is 1. The predicted octanol–water partition coefficient (Wildman–Crippen LogP) is 0.947. The molecule has 0 bridgehead atoms. The molecule has 0 saturated carbocycles. The number of hydrogen-bond acceptors (Lipinski definition) is 4. The van der Waals surface area contributed by atoms with Crippen LogP contribution in [0, 0.1) is 0 Å². The van der Waals surface area contributed by atoms with Crippen LogP contribution >= 0.6 is 35.7 Å². The van der Waals surface area contributed by atoms with E-state index in [2.05, 4.69) is 35.7 Å². The third-order valence-electron chi connectivity index (χ3n) is 3.31. The summed E-state index contributed by atoms with van der Waals surface area (Å²) in [7, 11) is -1.29. The van der Waals surface area contributed by atoms with Gasteiger partial charge in [-0.2, -0.15) is 11.8 Å². The summed E-state index contributed by atoms with van der Waals surface area (Å²) in [6.45, 7) is 6.82. The zero-order chi connectivity index (χ0) is 15.2. The molecule has 1 saturated heterocycles. The molecule has 0 amide bonds. The fourth-order valence-corrected chi connectivity index (χ4v) is 3.58. The van der Waals surface area contributed by atoms with Crippen LogP contribution in [0.3, 0.4) is 0 Å². The highest BCUT2D eigenvalue weighted by Crippen LogP contribution is 2.19. The van der Waals surface area contributed by atoms with E-state index in [1.165, 1.54) is 0 Å². The van der Waals surface area contributed by atoms with E-state index in [4.69, 9.17) is 0 Å². The van der Waals surface area contributed by atoms with Crippen LogP contribution < -0.4 is 10.6 Å². The lowest BCUT2D eigenvalue weighted by molar-refractivity contribution is 0.445. The van der Waals surface area contributed by atoms with E-state index in [1.807, 2.05) is 0 Å². The standard InChI is InChI=1S/C12H26N4O2S2.HI/c1-12(2,19-4)10-15-11(13-3)14-6-8-16-7-5-9-20(16,17)18;/h5-10H2,1-4H3,(H2,13,14,15);1H. The summed E-state index contributed by atoms with van der Waals surface area (Å²) in [6.07, 6.45) is 2.81. The third-order valence-corrected chi connectivity index (χ3v) is 6.52. The third kappa shape index (κ3) is 7.38. The van der Waals surface area contributed by atoms with E-state index >= 15 is 0 Å². The molecule has 0 atom stereocenters. The van der Waals surface area contributed by atoms with E-state index in [1.54, 1.807) is 23.1 Å². The van der Waals surface area contributed by atoms with Crippen molar-refractivity contribution in [2.45, 2.75) is 25.0 Å². The van der Waals surface area contributed by atoms with Gasteiger partial charge in [-0.15, -0.1) is 24.0 Å². The molecular formula is C12H27IN4O2S2. The van der Waals surface area contributed by atoms with Gasteiger partial charge in [-0.25, -0.2) is 12.7 Å². The van der Waals surface area contributed by atoms with Gasteiger partial charge in [0.25, 0.3) is 0 Å². The molecule has 1 aliphatic rings. The Bertz CT molecular complexity index is 441. The zero-order valence-electron chi connectivity index (χ0n) is 13.2. The number of halogens is 1. The van der Waals surface area contributed by atoms with Crippen molar-refractivity contribution >= 4 is 51.7 Å². The number of guanidine groups is 1. The smallest absolute Gasteiger partial charge is 0.214 e. The molecule has 1 heterocycles. The number of nitrogens with zero attached hydrogens (tertiary/aromatic N) is 2. The SMILES string of the molecule is CN=C(NCCN1CCCS1(=O)=O)NCC(C)(C)SC.I. The van der Waals surface area contributed by atoms with Crippen LogP contribution in [0.4, 0.5) is 0 Å². The molecule has 0 aromatic heterocycles. The Morgan fingerprint density at radius 3 is 2.52 bits per heavy atom. The van der Waals surface area contributed by atoms with Gasteiger partial charge in [0.05, 0.1) is 5.75 Å². The average Bonchev–Trinajstić information content (AvgIpc) is 2.73. The van der Waals surface area contributed by atoms with E-state index in [0.717, 1.165) is 13.0 Å². The van der Waals surface area contributed by atoms with Crippen molar-refractivity contribution < 1.29 is 8.42 Å². The Kier molecular flexibility index (Phi) is 9.53. The van der Waals surface area contributed by atoms with Crippen molar-refractivity contribution in [1.82, 2.24) is 14.9 Å². The molecule has 9 heteroatoms. The highest BCUT2D eigenvalue weighted by Gasteiger charge is 2.27.